The highest BCUT2D eigenvalue weighted by Crippen LogP contribution is 2.23. The van der Waals surface area contributed by atoms with Crippen LogP contribution in [0.4, 0.5) is 5.69 Å². The SMILES string of the molecule is Cc1cc(NC(=O)C(C)(C)NC(=O)c2ccc(Cl)s2)ccc1C(=O)N1CC[N+](=O)CC1. The Morgan fingerprint density at radius 3 is 2.39 bits per heavy atom. The molecule has 0 atom stereocenters. The molecule has 2 N–H and O–H groups in total. The third-order valence-electron chi connectivity index (χ3n) is 5.03. The van der Waals surface area contributed by atoms with E-state index in [-0.39, 0.29) is 11.8 Å². The lowest BCUT2D eigenvalue weighted by atomic mass is 10.0. The van der Waals surface area contributed by atoms with Crippen LogP contribution < -0.4 is 10.6 Å². The van der Waals surface area contributed by atoms with E-state index >= 15 is 0 Å². The predicted molar refractivity (Wildman–Crippen MR) is 120 cm³/mol. The van der Waals surface area contributed by atoms with Crippen LogP contribution in [0.3, 0.4) is 0 Å². The minimum atomic E-state index is -1.17. The van der Waals surface area contributed by atoms with Gasteiger partial charge < -0.3 is 15.5 Å². The zero-order chi connectivity index (χ0) is 22.8. The molecule has 0 unspecified atom stereocenters. The second-order valence-corrected chi connectivity index (χ2v) is 9.60. The number of benzene rings is 1. The Labute approximate surface area is 189 Å². The van der Waals surface area contributed by atoms with Gasteiger partial charge in [0.15, 0.2) is 0 Å². The van der Waals surface area contributed by atoms with Gasteiger partial charge in [0.25, 0.3) is 11.8 Å². The maximum absolute atomic E-state index is 12.8. The number of hydrogen-bond donors (Lipinski definition) is 2. The predicted octanol–water partition coefficient (Wildman–Crippen LogP) is 3.09. The number of anilines is 1. The van der Waals surface area contributed by atoms with E-state index in [0.29, 0.717) is 52.2 Å². The van der Waals surface area contributed by atoms with Crippen molar-refractivity contribution >= 4 is 46.3 Å². The highest BCUT2D eigenvalue weighted by Gasteiger charge is 2.31. The Kier molecular flexibility index (Phi) is 6.76. The fourth-order valence-corrected chi connectivity index (χ4v) is 4.11. The first-order chi connectivity index (χ1) is 14.6. The number of piperazine rings is 1. The summed E-state index contributed by atoms with van der Waals surface area (Å²) in [4.78, 5) is 51.3. The topological polar surface area (TPSA) is 98.6 Å². The van der Waals surface area contributed by atoms with Crippen LogP contribution >= 0.6 is 22.9 Å². The van der Waals surface area contributed by atoms with Crippen molar-refractivity contribution < 1.29 is 19.1 Å². The van der Waals surface area contributed by atoms with Crippen LogP contribution in [0.1, 0.15) is 39.4 Å². The van der Waals surface area contributed by atoms with E-state index in [0.717, 1.165) is 16.1 Å². The highest BCUT2D eigenvalue weighted by atomic mass is 35.5. The number of nitrogens with zero attached hydrogens (tertiary/aromatic N) is 2. The van der Waals surface area contributed by atoms with E-state index < -0.39 is 11.4 Å². The largest absolute Gasteiger partial charge is 0.337 e. The number of aryl methyl sites for hydroxylation is 1. The van der Waals surface area contributed by atoms with Crippen molar-refractivity contribution in [2.24, 2.45) is 0 Å². The van der Waals surface area contributed by atoms with E-state index in [1.54, 1.807) is 56.0 Å². The van der Waals surface area contributed by atoms with E-state index in [2.05, 4.69) is 10.6 Å². The number of halogens is 1. The Bertz CT molecular complexity index is 1040. The van der Waals surface area contributed by atoms with Gasteiger partial charge in [0.2, 0.25) is 19.0 Å². The molecule has 3 rings (SSSR count). The molecule has 2 heterocycles. The molecule has 164 valence electrons. The van der Waals surface area contributed by atoms with Gasteiger partial charge >= 0.3 is 0 Å². The van der Waals surface area contributed by atoms with E-state index in [9.17, 15) is 19.3 Å². The maximum atomic E-state index is 12.8. The molecule has 2 aromatic rings. The zero-order valence-electron chi connectivity index (χ0n) is 17.5. The standard InChI is InChI=1S/C21H23ClN4O4S/c1-13-12-14(4-5-15(13)19(28)25-8-10-26(30)11-9-25)23-20(29)21(2,3)24-18(27)16-6-7-17(22)31-16/h4-7,12H,8-11H2,1-3H3,(H-,23,24,27,28,29)/p+1. The van der Waals surface area contributed by atoms with Gasteiger partial charge in [-0.3, -0.25) is 14.4 Å². The Balaban J connectivity index is 1.65. The number of amides is 3. The third kappa shape index (κ3) is 5.48. The summed E-state index contributed by atoms with van der Waals surface area (Å²) in [6, 6.07) is 8.26. The first-order valence-electron chi connectivity index (χ1n) is 9.78. The molecule has 1 aliphatic rings. The summed E-state index contributed by atoms with van der Waals surface area (Å²) in [5, 5.41) is 5.49. The van der Waals surface area contributed by atoms with Gasteiger partial charge in [-0.25, -0.2) is 0 Å². The number of nitrogens with one attached hydrogen (secondary N) is 2. The van der Waals surface area contributed by atoms with Crippen LogP contribution in [0.5, 0.6) is 0 Å². The third-order valence-corrected chi connectivity index (χ3v) is 6.26. The van der Waals surface area contributed by atoms with Crippen molar-refractivity contribution in [2.45, 2.75) is 26.3 Å². The average molecular weight is 464 g/mol. The van der Waals surface area contributed by atoms with Crippen molar-refractivity contribution in [3.63, 3.8) is 0 Å². The Morgan fingerprint density at radius 1 is 1.13 bits per heavy atom. The van der Waals surface area contributed by atoms with Crippen molar-refractivity contribution in [1.82, 2.24) is 10.2 Å². The van der Waals surface area contributed by atoms with Crippen LogP contribution in [0.25, 0.3) is 0 Å². The molecule has 1 fully saturated rings. The average Bonchev–Trinajstić information content (AvgIpc) is 3.14. The molecule has 31 heavy (non-hydrogen) atoms. The molecule has 0 saturated carbocycles. The zero-order valence-corrected chi connectivity index (χ0v) is 19.1. The van der Waals surface area contributed by atoms with Crippen molar-refractivity contribution in [3.05, 3.63) is 55.6 Å². The van der Waals surface area contributed by atoms with Gasteiger partial charge in [-0.15, -0.1) is 11.3 Å². The fraction of sp³-hybridized carbons (Fsp3) is 0.381. The molecule has 0 bridgehead atoms. The molecule has 0 aliphatic carbocycles. The molecule has 1 aliphatic heterocycles. The van der Waals surface area contributed by atoms with E-state index in [1.807, 2.05) is 0 Å². The van der Waals surface area contributed by atoms with Crippen molar-refractivity contribution in [2.75, 3.05) is 31.5 Å². The summed E-state index contributed by atoms with van der Waals surface area (Å²) in [7, 11) is 0. The summed E-state index contributed by atoms with van der Waals surface area (Å²) >= 11 is 7.00. The van der Waals surface area contributed by atoms with Gasteiger partial charge in [-0.05, 0) is 56.7 Å². The molecular weight excluding hydrogens is 440 g/mol. The molecule has 1 saturated heterocycles. The molecule has 0 radical (unpaired) electrons. The highest BCUT2D eigenvalue weighted by molar-refractivity contribution is 7.18. The lowest BCUT2D eigenvalue weighted by molar-refractivity contribution is -0.558. The number of thiophene rings is 1. The second-order valence-electron chi connectivity index (χ2n) is 7.89. The van der Waals surface area contributed by atoms with Crippen LogP contribution in [-0.4, -0.2) is 59.1 Å². The summed E-state index contributed by atoms with van der Waals surface area (Å²) in [5.41, 5.74) is 0.584. The Hall–Kier alpha value is -2.78. The van der Waals surface area contributed by atoms with Crippen LogP contribution in [0.15, 0.2) is 30.3 Å². The summed E-state index contributed by atoms with van der Waals surface area (Å²) in [5.74, 6) is -0.911. The molecule has 3 amide bonds. The van der Waals surface area contributed by atoms with Gasteiger partial charge in [0.1, 0.15) is 5.54 Å². The minimum absolute atomic E-state index is 0.134. The Morgan fingerprint density at radius 2 is 1.81 bits per heavy atom. The normalized spacial score (nSPS) is 14.3. The fourth-order valence-electron chi connectivity index (χ4n) is 3.17. The lowest BCUT2D eigenvalue weighted by Crippen LogP contribution is -2.52. The number of nitroso groups, excluding NO2 is 1. The first-order valence-corrected chi connectivity index (χ1v) is 11.0. The first kappa shape index (κ1) is 22.9. The number of carbonyl (C=O) groups excluding carboxylic acids is 3. The second kappa shape index (κ2) is 9.15. The number of hydrogen-bond acceptors (Lipinski definition) is 5. The maximum Gasteiger partial charge on any atom is 0.262 e. The van der Waals surface area contributed by atoms with E-state index in [1.165, 1.54) is 0 Å². The summed E-state index contributed by atoms with van der Waals surface area (Å²) in [6.07, 6.45) is 0. The molecular formula is C21H24ClN4O4S+. The van der Waals surface area contributed by atoms with Crippen LogP contribution in [0.2, 0.25) is 4.34 Å². The number of rotatable bonds is 5. The number of carbonyl (C=O) groups is 3. The quantitative estimate of drug-likeness (QED) is 0.665. The van der Waals surface area contributed by atoms with Crippen molar-refractivity contribution in [1.29, 1.82) is 0 Å². The van der Waals surface area contributed by atoms with Gasteiger partial charge in [-0.1, -0.05) is 11.6 Å². The van der Waals surface area contributed by atoms with Gasteiger partial charge in [0.05, 0.1) is 22.3 Å². The van der Waals surface area contributed by atoms with Crippen LogP contribution in [-0.2, 0) is 4.79 Å². The molecule has 0 spiro atoms. The molecule has 10 heteroatoms. The molecule has 1 aromatic carbocycles. The molecule has 8 nitrogen and oxygen atoms in total. The van der Waals surface area contributed by atoms with E-state index in [4.69, 9.17) is 11.6 Å². The minimum Gasteiger partial charge on any atom is -0.337 e. The van der Waals surface area contributed by atoms with Crippen molar-refractivity contribution in [3.8, 4) is 0 Å². The summed E-state index contributed by atoms with van der Waals surface area (Å²) < 4.78 is 1.44. The summed E-state index contributed by atoms with van der Waals surface area (Å²) in [6.45, 7) is 6.40. The van der Waals surface area contributed by atoms with Crippen LogP contribution in [0, 0.1) is 11.8 Å². The molecule has 1 aromatic heterocycles. The van der Waals surface area contributed by atoms with Gasteiger partial charge in [0, 0.05) is 20.9 Å². The lowest BCUT2D eigenvalue weighted by Gasteiger charge is -2.25. The monoisotopic (exact) mass is 463 g/mol. The van der Waals surface area contributed by atoms with Gasteiger partial charge in [-0.2, -0.15) is 0 Å². The smallest absolute Gasteiger partial charge is 0.262 e.